The molecule has 20 heavy (non-hydrogen) atoms. The maximum Gasteiger partial charge on any atom is 0.122 e. The van der Waals surface area contributed by atoms with Gasteiger partial charge in [-0.05, 0) is 49.4 Å². The molecule has 114 valence electrons. The average Bonchev–Trinajstić information content (AvgIpc) is 2.34. The van der Waals surface area contributed by atoms with E-state index in [4.69, 9.17) is 26.8 Å². The Morgan fingerprint density at radius 3 is 2.55 bits per heavy atom. The van der Waals surface area contributed by atoms with Crippen LogP contribution < -0.4 is 10.5 Å². The van der Waals surface area contributed by atoms with Crippen molar-refractivity contribution in [3.8, 4) is 5.75 Å². The molecule has 0 bridgehead atoms. The topological polar surface area (TPSA) is 44.5 Å². The van der Waals surface area contributed by atoms with Gasteiger partial charge in [-0.2, -0.15) is 0 Å². The summed E-state index contributed by atoms with van der Waals surface area (Å²) in [6.45, 7) is 8.29. The van der Waals surface area contributed by atoms with Crippen LogP contribution in [0.2, 0.25) is 5.02 Å². The number of benzene rings is 1. The Labute approximate surface area is 127 Å². The standard InChI is InChI=1S/C16H26ClNO2/c1-12(2)6-7-19-8-9-20-16-5-4-15(17)11-14(16)10-13(3)18/h4-5,11-13H,6-10,18H2,1-3H3. The van der Waals surface area contributed by atoms with Crippen LogP contribution >= 0.6 is 11.6 Å². The van der Waals surface area contributed by atoms with Gasteiger partial charge >= 0.3 is 0 Å². The van der Waals surface area contributed by atoms with E-state index in [1.807, 2.05) is 25.1 Å². The van der Waals surface area contributed by atoms with Crippen molar-refractivity contribution in [3.63, 3.8) is 0 Å². The van der Waals surface area contributed by atoms with Gasteiger partial charge < -0.3 is 15.2 Å². The molecule has 0 amide bonds. The maximum atomic E-state index is 6.01. The zero-order valence-electron chi connectivity index (χ0n) is 12.7. The molecule has 0 fully saturated rings. The fourth-order valence-electron chi connectivity index (χ4n) is 1.83. The molecule has 0 heterocycles. The minimum absolute atomic E-state index is 0.0816. The lowest BCUT2D eigenvalue weighted by atomic mass is 10.1. The van der Waals surface area contributed by atoms with Gasteiger partial charge in [0.1, 0.15) is 12.4 Å². The first-order valence-electron chi connectivity index (χ1n) is 7.23. The van der Waals surface area contributed by atoms with E-state index >= 15 is 0 Å². The second kappa shape index (κ2) is 9.22. The average molecular weight is 300 g/mol. The zero-order chi connectivity index (χ0) is 15.0. The van der Waals surface area contributed by atoms with E-state index in [1.165, 1.54) is 0 Å². The van der Waals surface area contributed by atoms with Crippen LogP contribution in [0.25, 0.3) is 0 Å². The van der Waals surface area contributed by atoms with Crippen molar-refractivity contribution in [1.82, 2.24) is 0 Å². The van der Waals surface area contributed by atoms with Crippen LogP contribution in [-0.4, -0.2) is 25.9 Å². The van der Waals surface area contributed by atoms with Gasteiger partial charge in [-0.25, -0.2) is 0 Å². The van der Waals surface area contributed by atoms with E-state index in [-0.39, 0.29) is 6.04 Å². The van der Waals surface area contributed by atoms with Gasteiger partial charge in [0.25, 0.3) is 0 Å². The molecule has 1 aromatic carbocycles. The van der Waals surface area contributed by atoms with Crippen molar-refractivity contribution in [2.45, 2.75) is 39.7 Å². The van der Waals surface area contributed by atoms with Crippen molar-refractivity contribution < 1.29 is 9.47 Å². The molecule has 0 aromatic heterocycles. The number of ether oxygens (including phenoxy) is 2. The van der Waals surface area contributed by atoms with E-state index in [1.54, 1.807) is 0 Å². The third kappa shape index (κ3) is 7.13. The Bertz CT molecular complexity index is 394. The molecule has 3 nitrogen and oxygen atoms in total. The van der Waals surface area contributed by atoms with Crippen LogP contribution in [0, 0.1) is 5.92 Å². The summed E-state index contributed by atoms with van der Waals surface area (Å²) in [5.41, 5.74) is 6.89. The summed E-state index contributed by atoms with van der Waals surface area (Å²) in [6, 6.07) is 5.73. The third-order valence-corrected chi connectivity index (χ3v) is 3.12. The van der Waals surface area contributed by atoms with Crippen molar-refractivity contribution in [2.75, 3.05) is 19.8 Å². The molecule has 4 heteroatoms. The highest BCUT2D eigenvalue weighted by Crippen LogP contribution is 2.24. The van der Waals surface area contributed by atoms with Crippen molar-refractivity contribution >= 4 is 11.6 Å². The van der Waals surface area contributed by atoms with Crippen LogP contribution in [-0.2, 0) is 11.2 Å². The van der Waals surface area contributed by atoms with Crippen LogP contribution in [0.3, 0.4) is 0 Å². The SMILES string of the molecule is CC(C)CCOCCOc1ccc(Cl)cc1CC(C)N. The van der Waals surface area contributed by atoms with Crippen LogP contribution in [0.4, 0.5) is 0 Å². The molecular formula is C16H26ClNO2. The Kier molecular flexibility index (Phi) is 7.97. The predicted molar refractivity (Wildman–Crippen MR) is 84.6 cm³/mol. The highest BCUT2D eigenvalue weighted by atomic mass is 35.5. The quantitative estimate of drug-likeness (QED) is 0.708. The van der Waals surface area contributed by atoms with Gasteiger partial charge in [-0.15, -0.1) is 0 Å². The largest absolute Gasteiger partial charge is 0.491 e. The molecule has 1 unspecified atom stereocenters. The van der Waals surface area contributed by atoms with Gasteiger partial charge in [0.05, 0.1) is 6.61 Å². The first-order chi connectivity index (χ1) is 9.49. The second-order valence-electron chi connectivity index (χ2n) is 5.58. The summed E-state index contributed by atoms with van der Waals surface area (Å²) in [5, 5.41) is 0.709. The smallest absolute Gasteiger partial charge is 0.122 e. The highest BCUT2D eigenvalue weighted by molar-refractivity contribution is 6.30. The first-order valence-corrected chi connectivity index (χ1v) is 7.61. The van der Waals surface area contributed by atoms with E-state index < -0.39 is 0 Å². The molecule has 1 atom stereocenters. The van der Waals surface area contributed by atoms with Gasteiger partial charge in [0.15, 0.2) is 0 Å². The molecule has 0 aliphatic rings. The molecule has 1 rings (SSSR count). The molecule has 1 aromatic rings. The van der Waals surface area contributed by atoms with Gasteiger partial charge in [-0.1, -0.05) is 25.4 Å². The van der Waals surface area contributed by atoms with Crippen molar-refractivity contribution in [1.29, 1.82) is 0 Å². The van der Waals surface area contributed by atoms with E-state index in [0.29, 0.717) is 24.2 Å². The molecular weight excluding hydrogens is 274 g/mol. The maximum absolute atomic E-state index is 6.01. The predicted octanol–water partition coefficient (Wildman–Crippen LogP) is 3.67. The third-order valence-electron chi connectivity index (χ3n) is 2.89. The zero-order valence-corrected chi connectivity index (χ0v) is 13.5. The summed E-state index contributed by atoms with van der Waals surface area (Å²) >= 11 is 6.01. The minimum atomic E-state index is 0.0816. The molecule has 0 aliphatic heterocycles. The van der Waals surface area contributed by atoms with E-state index in [2.05, 4.69) is 13.8 Å². The van der Waals surface area contributed by atoms with Gasteiger partial charge in [0.2, 0.25) is 0 Å². The number of halogens is 1. The van der Waals surface area contributed by atoms with Gasteiger partial charge in [-0.3, -0.25) is 0 Å². The van der Waals surface area contributed by atoms with Crippen molar-refractivity contribution in [2.24, 2.45) is 11.7 Å². The lowest BCUT2D eigenvalue weighted by Gasteiger charge is -2.14. The minimum Gasteiger partial charge on any atom is -0.491 e. The molecule has 0 aliphatic carbocycles. The monoisotopic (exact) mass is 299 g/mol. The fraction of sp³-hybridized carbons (Fsp3) is 0.625. The van der Waals surface area contributed by atoms with Crippen LogP contribution in [0.1, 0.15) is 32.8 Å². The molecule has 0 saturated carbocycles. The summed E-state index contributed by atoms with van der Waals surface area (Å²) in [6.07, 6.45) is 1.83. The first kappa shape index (κ1) is 17.3. The normalized spacial score (nSPS) is 12.7. The lowest BCUT2D eigenvalue weighted by molar-refractivity contribution is 0.0922. The second-order valence-corrected chi connectivity index (χ2v) is 6.01. The Morgan fingerprint density at radius 1 is 1.15 bits per heavy atom. The van der Waals surface area contributed by atoms with E-state index in [9.17, 15) is 0 Å². The van der Waals surface area contributed by atoms with Gasteiger partial charge in [0, 0.05) is 17.7 Å². The number of hydrogen-bond acceptors (Lipinski definition) is 3. The summed E-state index contributed by atoms with van der Waals surface area (Å²) < 4.78 is 11.3. The Morgan fingerprint density at radius 2 is 1.90 bits per heavy atom. The highest BCUT2D eigenvalue weighted by Gasteiger charge is 2.07. The van der Waals surface area contributed by atoms with Crippen molar-refractivity contribution in [3.05, 3.63) is 28.8 Å². The van der Waals surface area contributed by atoms with Crippen LogP contribution in [0.5, 0.6) is 5.75 Å². The summed E-state index contributed by atoms with van der Waals surface area (Å²) in [4.78, 5) is 0. The summed E-state index contributed by atoms with van der Waals surface area (Å²) in [7, 11) is 0. The lowest BCUT2D eigenvalue weighted by Crippen LogP contribution is -2.18. The molecule has 0 saturated heterocycles. The molecule has 2 N–H and O–H groups in total. The van der Waals surface area contributed by atoms with Crippen LogP contribution in [0.15, 0.2) is 18.2 Å². The number of hydrogen-bond donors (Lipinski definition) is 1. The number of rotatable bonds is 9. The number of nitrogens with two attached hydrogens (primary N) is 1. The Balaban J connectivity index is 2.39. The summed E-state index contributed by atoms with van der Waals surface area (Å²) in [5.74, 6) is 1.52. The molecule has 0 radical (unpaired) electrons. The van der Waals surface area contributed by atoms with E-state index in [0.717, 1.165) is 30.8 Å². The molecule has 0 spiro atoms. The fourth-order valence-corrected chi connectivity index (χ4v) is 2.02. The Hall–Kier alpha value is -0.770.